The molecule has 3 nitrogen and oxygen atoms in total. The zero-order valence-electron chi connectivity index (χ0n) is 5.52. The van der Waals surface area contributed by atoms with Gasteiger partial charge < -0.3 is 17.2 Å². The summed E-state index contributed by atoms with van der Waals surface area (Å²) >= 11 is 5.12. The largest absolute Gasteiger partial charge is 0.389 e. The molecule has 0 aromatic carbocycles. The maximum atomic E-state index is 11.9. The first kappa shape index (κ1) is 10.0. The van der Waals surface area contributed by atoms with Crippen molar-refractivity contribution in [2.75, 3.05) is 0 Å². The van der Waals surface area contributed by atoms with Crippen molar-refractivity contribution < 1.29 is 8.78 Å². The Bertz CT molecular complexity index is 192. The Hall–Kier alpha value is -0.970. The third kappa shape index (κ3) is 3.67. The number of hydrogen-bond acceptors (Lipinski definition) is 3. The lowest BCUT2D eigenvalue weighted by atomic mass is 10.2. The van der Waals surface area contributed by atoms with Gasteiger partial charge in [-0.3, -0.25) is 0 Å². The molecule has 0 fully saturated rings. The number of allylic oxidation sites excluding steroid dienone is 2. The Morgan fingerprint density at radius 2 is 1.73 bits per heavy atom. The molecule has 6 heteroatoms. The molecule has 11 heavy (non-hydrogen) atoms. The van der Waals surface area contributed by atoms with Gasteiger partial charge in [0, 0.05) is 0 Å². The highest BCUT2D eigenvalue weighted by atomic mass is 35.5. The molecule has 0 aliphatic heterocycles. The average molecular weight is 184 g/mol. The Morgan fingerprint density at radius 1 is 1.27 bits per heavy atom. The van der Waals surface area contributed by atoms with Crippen LogP contribution >= 0.6 is 11.6 Å². The molecule has 0 atom stereocenters. The summed E-state index contributed by atoms with van der Waals surface area (Å²) in [6, 6.07) is 0. The second-order valence-electron chi connectivity index (χ2n) is 1.74. The monoisotopic (exact) mass is 183 g/mol. The summed E-state index contributed by atoms with van der Waals surface area (Å²) in [5.74, 6) is -0.483. The summed E-state index contributed by atoms with van der Waals surface area (Å²) in [5, 5.41) is -0.284. The molecule has 6 N–H and O–H groups in total. The van der Waals surface area contributed by atoms with Crippen LogP contribution in [0.15, 0.2) is 22.6 Å². The van der Waals surface area contributed by atoms with Crippen molar-refractivity contribution in [1.29, 1.82) is 0 Å². The molecule has 0 heterocycles. The molecule has 0 amide bonds. The van der Waals surface area contributed by atoms with Crippen LogP contribution in [0.5, 0.6) is 0 Å². The first-order valence-corrected chi connectivity index (χ1v) is 2.99. The third-order valence-electron chi connectivity index (χ3n) is 0.862. The van der Waals surface area contributed by atoms with E-state index < -0.39 is 17.8 Å². The molecule has 64 valence electrons. The molecule has 0 spiro atoms. The highest BCUT2D eigenvalue weighted by Gasteiger charge is 2.11. The van der Waals surface area contributed by atoms with E-state index in [0.29, 0.717) is 0 Å². The molecule has 0 aliphatic carbocycles. The van der Waals surface area contributed by atoms with Gasteiger partial charge >= 0.3 is 0 Å². The summed E-state index contributed by atoms with van der Waals surface area (Å²) in [7, 11) is 0. The number of hydrogen-bond donors (Lipinski definition) is 3. The Morgan fingerprint density at radius 3 is 1.82 bits per heavy atom. The maximum Gasteiger partial charge on any atom is 0.267 e. The van der Waals surface area contributed by atoms with Gasteiger partial charge in [0.2, 0.25) is 0 Å². The topological polar surface area (TPSA) is 78.1 Å². The Kier molecular flexibility index (Phi) is 3.67. The van der Waals surface area contributed by atoms with E-state index in [-0.39, 0.29) is 5.16 Å². The summed E-state index contributed by atoms with van der Waals surface area (Å²) in [6.45, 7) is 0. The van der Waals surface area contributed by atoms with Crippen LogP contribution in [-0.4, -0.2) is 6.43 Å². The minimum Gasteiger partial charge on any atom is -0.389 e. The van der Waals surface area contributed by atoms with Crippen LogP contribution in [0.25, 0.3) is 0 Å². The molecule has 0 radical (unpaired) electrons. The van der Waals surface area contributed by atoms with Gasteiger partial charge in [0.1, 0.15) is 5.82 Å². The summed E-state index contributed by atoms with van der Waals surface area (Å²) < 4.78 is 23.9. The molecule has 0 rings (SSSR count). The normalized spacial score (nSPS) is 11.8. The molecule has 0 saturated heterocycles. The van der Waals surface area contributed by atoms with Crippen LogP contribution in [0, 0.1) is 0 Å². The lowest BCUT2D eigenvalue weighted by Gasteiger charge is -2.02. The molecule has 0 bridgehead atoms. The second kappa shape index (κ2) is 4.02. The summed E-state index contributed by atoms with van der Waals surface area (Å²) in [4.78, 5) is 0. The van der Waals surface area contributed by atoms with E-state index in [1.165, 1.54) is 0 Å². The minimum absolute atomic E-state index is 0.284. The van der Waals surface area contributed by atoms with Gasteiger partial charge in [0.15, 0.2) is 0 Å². The van der Waals surface area contributed by atoms with E-state index >= 15 is 0 Å². The van der Waals surface area contributed by atoms with Crippen molar-refractivity contribution in [3.8, 4) is 0 Å². The number of halogens is 3. The van der Waals surface area contributed by atoms with E-state index in [2.05, 4.69) is 0 Å². The number of alkyl halides is 2. The highest BCUT2D eigenvalue weighted by Crippen LogP contribution is 2.12. The fourth-order valence-electron chi connectivity index (χ4n) is 0.421. The lowest BCUT2D eigenvalue weighted by Crippen LogP contribution is -2.15. The van der Waals surface area contributed by atoms with Crippen molar-refractivity contribution in [2.45, 2.75) is 6.43 Å². The lowest BCUT2D eigenvalue weighted by molar-refractivity contribution is 0.192. The van der Waals surface area contributed by atoms with Crippen molar-refractivity contribution in [3.05, 3.63) is 22.6 Å². The molecule has 0 aromatic heterocycles. The SMILES string of the molecule is NC(N)=C(/C=C(\N)Cl)C(F)F. The van der Waals surface area contributed by atoms with E-state index in [4.69, 9.17) is 28.8 Å². The van der Waals surface area contributed by atoms with Crippen LogP contribution in [0.3, 0.4) is 0 Å². The smallest absolute Gasteiger partial charge is 0.267 e. The predicted octanol–water partition coefficient (Wildman–Crippen LogP) is 0.419. The number of rotatable bonds is 2. The first-order valence-electron chi connectivity index (χ1n) is 2.61. The molecular formula is C5H8ClF2N3. The fraction of sp³-hybridized carbons (Fsp3) is 0.200. The van der Waals surface area contributed by atoms with Crippen molar-refractivity contribution in [1.82, 2.24) is 0 Å². The van der Waals surface area contributed by atoms with E-state index in [1.54, 1.807) is 0 Å². The Labute approximate surface area is 67.5 Å². The summed E-state index contributed by atoms with van der Waals surface area (Å²) in [6.07, 6.45) is -1.95. The predicted molar refractivity (Wildman–Crippen MR) is 39.5 cm³/mol. The second-order valence-corrected chi connectivity index (χ2v) is 2.18. The van der Waals surface area contributed by atoms with Gasteiger partial charge in [-0.05, 0) is 6.08 Å². The Balaban J connectivity index is 4.66. The first-order chi connectivity index (χ1) is 4.95. The fourth-order valence-corrected chi connectivity index (χ4v) is 0.538. The van der Waals surface area contributed by atoms with E-state index in [1.807, 2.05) is 0 Å². The van der Waals surface area contributed by atoms with Crippen molar-refractivity contribution >= 4 is 11.6 Å². The van der Waals surface area contributed by atoms with E-state index in [0.717, 1.165) is 6.08 Å². The van der Waals surface area contributed by atoms with Crippen LogP contribution in [-0.2, 0) is 0 Å². The van der Waals surface area contributed by atoms with E-state index in [9.17, 15) is 8.78 Å². The van der Waals surface area contributed by atoms with Gasteiger partial charge in [0.05, 0.1) is 10.7 Å². The third-order valence-corrected chi connectivity index (χ3v) is 0.971. The molecule has 0 aliphatic rings. The zero-order chi connectivity index (χ0) is 9.02. The molecular weight excluding hydrogens is 176 g/mol. The minimum atomic E-state index is -2.77. The average Bonchev–Trinajstić information content (AvgIpc) is 1.81. The quantitative estimate of drug-likeness (QED) is 0.429. The van der Waals surface area contributed by atoms with Gasteiger partial charge in [-0.15, -0.1) is 0 Å². The zero-order valence-corrected chi connectivity index (χ0v) is 6.28. The molecule has 0 unspecified atom stereocenters. The van der Waals surface area contributed by atoms with Crippen LogP contribution in [0.1, 0.15) is 0 Å². The van der Waals surface area contributed by atoms with Crippen LogP contribution in [0.2, 0.25) is 0 Å². The standard InChI is InChI=1S/C5H8ClF2N3/c6-3(9)1-2(4(7)8)5(10)11/h1,4H,9-11H2/b3-1-. The van der Waals surface area contributed by atoms with Crippen molar-refractivity contribution in [2.24, 2.45) is 17.2 Å². The highest BCUT2D eigenvalue weighted by molar-refractivity contribution is 6.29. The van der Waals surface area contributed by atoms with Gasteiger partial charge in [-0.1, -0.05) is 11.6 Å². The molecule has 0 aromatic rings. The van der Waals surface area contributed by atoms with Crippen LogP contribution in [0.4, 0.5) is 8.78 Å². The van der Waals surface area contributed by atoms with Crippen LogP contribution < -0.4 is 17.2 Å². The molecule has 0 saturated carbocycles. The van der Waals surface area contributed by atoms with Gasteiger partial charge in [-0.2, -0.15) is 0 Å². The van der Waals surface area contributed by atoms with Gasteiger partial charge in [-0.25, -0.2) is 8.78 Å². The number of nitrogens with two attached hydrogens (primary N) is 3. The van der Waals surface area contributed by atoms with Crippen molar-refractivity contribution in [3.63, 3.8) is 0 Å². The maximum absolute atomic E-state index is 11.9. The summed E-state index contributed by atoms with van der Waals surface area (Å²) in [5.41, 5.74) is 14.2. The van der Waals surface area contributed by atoms with Gasteiger partial charge in [0.25, 0.3) is 6.43 Å².